The van der Waals surface area contributed by atoms with Crippen LogP contribution in [0.15, 0.2) is 18.2 Å². The van der Waals surface area contributed by atoms with Crippen molar-refractivity contribution in [1.82, 2.24) is 10.2 Å². The van der Waals surface area contributed by atoms with Gasteiger partial charge in [0, 0.05) is 26.1 Å². The summed E-state index contributed by atoms with van der Waals surface area (Å²) in [6.07, 6.45) is 8.23. The first-order chi connectivity index (χ1) is 14.2. The van der Waals surface area contributed by atoms with Gasteiger partial charge in [-0.2, -0.15) is 0 Å². The first-order valence-electron chi connectivity index (χ1n) is 11.0. The van der Waals surface area contributed by atoms with Crippen LogP contribution in [0.1, 0.15) is 56.6 Å². The monoisotopic (exact) mass is 404 g/mol. The van der Waals surface area contributed by atoms with Crippen LogP contribution < -0.4 is 14.8 Å². The van der Waals surface area contributed by atoms with Crippen molar-refractivity contribution in [3.05, 3.63) is 23.8 Å². The van der Waals surface area contributed by atoms with E-state index >= 15 is 0 Å². The molecule has 6 nitrogen and oxygen atoms in total. The summed E-state index contributed by atoms with van der Waals surface area (Å²) < 4.78 is 16.4. The largest absolute Gasteiger partial charge is 0.493 e. The maximum atomic E-state index is 12.5. The summed E-state index contributed by atoms with van der Waals surface area (Å²) in [7, 11) is 3.29. The van der Waals surface area contributed by atoms with Crippen molar-refractivity contribution in [2.24, 2.45) is 5.92 Å². The minimum atomic E-state index is 0.0948. The van der Waals surface area contributed by atoms with Crippen LogP contribution in [-0.2, 0) is 9.53 Å². The second-order valence-electron chi connectivity index (χ2n) is 8.13. The van der Waals surface area contributed by atoms with Gasteiger partial charge in [-0.15, -0.1) is 0 Å². The molecular formula is C23H36N2O4. The summed E-state index contributed by atoms with van der Waals surface area (Å²) in [5, 5.41) is 3.19. The fourth-order valence-electron chi connectivity index (χ4n) is 4.52. The van der Waals surface area contributed by atoms with Crippen molar-refractivity contribution < 1.29 is 19.0 Å². The molecule has 0 radical (unpaired) electrons. The van der Waals surface area contributed by atoms with E-state index in [0.29, 0.717) is 24.5 Å². The smallest absolute Gasteiger partial charge is 0.220 e. The summed E-state index contributed by atoms with van der Waals surface area (Å²) in [5.74, 6) is 2.32. The molecule has 2 fully saturated rings. The maximum absolute atomic E-state index is 12.5. The Morgan fingerprint density at radius 2 is 1.86 bits per heavy atom. The number of amides is 1. The lowest BCUT2D eigenvalue weighted by atomic mass is 9.86. The third-order valence-electron chi connectivity index (χ3n) is 6.28. The Labute approximate surface area is 174 Å². The molecule has 6 heteroatoms. The quantitative estimate of drug-likeness (QED) is 0.682. The average Bonchev–Trinajstić information content (AvgIpc) is 2.79. The molecule has 1 aromatic rings. The van der Waals surface area contributed by atoms with Crippen molar-refractivity contribution >= 4 is 5.91 Å². The molecule has 162 valence electrons. The molecular weight excluding hydrogens is 368 g/mol. The molecule has 1 amide bonds. The minimum absolute atomic E-state index is 0.0948. The van der Waals surface area contributed by atoms with Crippen LogP contribution >= 0.6 is 0 Å². The Morgan fingerprint density at radius 1 is 1.14 bits per heavy atom. The van der Waals surface area contributed by atoms with Gasteiger partial charge in [0.2, 0.25) is 5.91 Å². The molecule has 1 saturated carbocycles. The maximum Gasteiger partial charge on any atom is 0.220 e. The Morgan fingerprint density at radius 3 is 2.55 bits per heavy atom. The SMILES string of the molecule is COc1ccc(C(CNC(=O)CCC2CCCCC2)N2CCOCC2)cc1OC. The van der Waals surface area contributed by atoms with Gasteiger partial charge in [0.1, 0.15) is 0 Å². The highest BCUT2D eigenvalue weighted by Crippen LogP contribution is 2.32. The predicted octanol–water partition coefficient (Wildman–Crippen LogP) is 3.55. The van der Waals surface area contributed by atoms with Crippen LogP contribution in [0.5, 0.6) is 11.5 Å². The first-order valence-corrected chi connectivity index (χ1v) is 11.0. The van der Waals surface area contributed by atoms with Crippen LogP contribution in [0.2, 0.25) is 0 Å². The Hall–Kier alpha value is -1.79. The van der Waals surface area contributed by atoms with Crippen LogP contribution in [0, 0.1) is 5.92 Å². The highest BCUT2D eigenvalue weighted by molar-refractivity contribution is 5.75. The number of hydrogen-bond acceptors (Lipinski definition) is 5. The van der Waals surface area contributed by atoms with Gasteiger partial charge < -0.3 is 19.5 Å². The second-order valence-corrected chi connectivity index (χ2v) is 8.13. The van der Waals surface area contributed by atoms with E-state index in [1.54, 1.807) is 14.2 Å². The van der Waals surface area contributed by atoms with E-state index in [9.17, 15) is 4.79 Å². The molecule has 1 aliphatic heterocycles. The van der Waals surface area contributed by atoms with E-state index in [0.717, 1.165) is 44.2 Å². The third-order valence-corrected chi connectivity index (χ3v) is 6.28. The van der Waals surface area contributed by atoms with Crippen LogP contribution in [0.25, 0.3) is 0 Å². The summed E-state index contributed by atoms with van der Waals surface area (Å²) in [5.41, 5.74) is 1.12. The van der Waals surface area contributed by atoms with Crippen LogP contribution in [-0.4, -0.2) is 57.9 Å². The molecule has 3 rings (SSSR count). The number of morpholine rings is 1. The normalized spacial score (nSPS) is 19.5. The summed E-state index contributed by atoms with van der Waals surface area (Å²) in [6.45, 7) is 3.76. The van der Waals surface area contributed by atoms with Gasteiger partial charge in [-0.25, -0.2) is 0 Å². The zero-order chi connectivity index (χ0) is 20.5. The van der Waals surface area contributed by atoms with E-state index in [-0.39, 0.29) is 11.9 Å². The molecule has 1 aliphatic carbocycles. The van der Waals surface area contributed by atoms with Crippen molar-refractivity contribution in [3.8, 4) is 11.5 Å². The van der Waals surface area contributed by atoms with Gasteiger partial charge in [-0.05, 0) is 30.0 Å². The average molecular weight is 405 g/mol. The highest BCUT2D eigenvalue weighted by Gasteiger charge is 2.24. The lowest BCUT2D eigenvalue weighted by molar-refractivity contribution is -0.121. The molecule has 1 unspecified atom stereocenters. The van der Waals surface area contributed by atoms with E-state index in [1.807, 2.05) is 12.1 Å². The van der Waals surface area contributed by atoms with Crippen LogP contribution in [0.4, 0.5) is 0 Å². The van der Waals surface area contributed by atoms with Gasteiger partial charge >= 0.3 is 0 Å². The van der Waals surface area contributed by atoms with E-state index in [2.05, 4.69) is 16.3 Å². The number of benzene rings is 1. The lowest BCUT2D eigenvalue weighted by Crippen LogP contribution is -2.43. The number of carbonyl (C=O) groups is 1. The molecule has 2 aliphatic rings. The fourth-order valence-corrected chi connectivity index (χ4v) is 4.52. The first kappa shape index (κ1) is 21.9. The van der Waals surface area contributed by atoms with Crippen molar-refractivity contribution in [3.63, 3.8) is 0 Å². The fraction of sp³-hybridized carbons (Fsp3) is 0.696. The van der Waals surface area contributed by atoms with Gasteiger partial charge in [0.15, 0.2) is 11.5 Å². The zero-order valence-electron chi connectivity index (χ0n) is 18.0. The Kier molecular flexibility index (Phi) is 8.62. The lowest BCUT2D eigenvalue weighted by Gasteiger charge is -2.35. The van der Waals surface area contributed by atoms with Crippen molar-refractivity contribution in [2.75, 3.05) is 47.1 Å². The van der Waals surface area contributed by atoms with Crippen LogP contribution in [0.3, 0.4) is 0 Å². The molecule has 1 heterocycles. The van der Waals surface area contributed by atoms with Gasteiger partial charge in [0.25, 0.3) is 0 Å². The highest BCUT2D eigenvalue weighted by atomic mass is 16.5. The molecule has 1 atom stereocenters. The molecule has 29 heavy (non-hydrogen) atoms. The minimum Gasteiger partial charge on any atom is -0.493 e. The number of ether oxygens (including phenoxy) is 3. The second kappa shape index (κ2) is 11.4. The molecule has 1 saturated heterocycles. The van der Waals surface area contributed by atoms with E-state index < -0.39 is 0 Å². The molecule has 0 bridgehead atoms. The molecule has 1 N–H and O–H groups in total. The van der Waals surface area contributed by atoms with Gasteiger partial charge in [-0.1, -0.05) is 38.2 Å². The summed E-state index contributed by atoms with van der Waals surface area (Å²) >= 11 is 0. The summed E-state index contributed by atoms with van der Waals surface area (Å²) in [4.78, 5) is 14.9. The number of methoxy groups -OCH3 is 2. The van der Waals surface area contributed by atoms with Gasteiger partial charge in [0.05, 0.1) is 33.5 Å². The number of hydrogen-bond donors (Lipinski definition) is 1. The number of nitrogens with zero attached hydrogens (tertiary/aromatic N) is 1. The topological polar surface area (TPSA) is 60.0 Å². The van der Waals surface area contributed by atoms with E-state index in [4.69, 9.17) is 14.2 Å². The molecule has 0 spiro atoms. The van der Waals surface area contributed by atoms with Crippen molar-refractivity contribution in [2.45, 2.75) is 51.0 Å². The molecule has 1 aromatic carbocycles. The Balaban J connectivity index is 1.62. The zero-order valence-corrected chi connectivity index (χ0v) is 18.0. The molecule has 0 aromatic heterocycles. The number of rotatable bonds is 9. The van der Waals surface area contributed by atoms with E-state index in [1.165, 1.54) is 32.1 Å². The van der Waals surface area contributed by atoms with Gasteiger partial charge in [-0.3, -0.25) is 9.69 Å². The number of carbonyl (C=O) groups excluding carboxylic acids is 1. The summed E-state index contributed by atoms with van der Waals surface area (Å²) in [6, 6.07) is 6.12. The third kappa shape index (κ3) is 6.34. The van der Waals surface area contributed by atoms with Crippen molar-refractivity contribution in [1.29, 1.82) is 0 Å². The number of nitrogens with one attached hydrogen (secondary N) is 1. The standard InChI is InChI=1S/C23H36N2O4/c1-27-21-10-9-19(16-22(21)28-2)20(25-12-14-29-15-13-25)17-24-23(26)11-8-18-6-4-3-5-7-18/h9-10,16,18,20H,3-8,11-15,17H2,1-2H3,(H,24,26). The Bertz CT molecular complexity index is 640. The predicted molar refractivity (Wildman–Crippen MR) is 113 cm³/mol.